The molecule has 2 N–H and O–H groups in total. The Labute approximate surface area is 149 Å². The lowest BCUT2D eigenvalue weighted by Gasteiger charge is -2.07. The van der Waals surface area contributed by atoms with E-state index in [0.29, 0.717) is 16.3 Å². The van der Waals surface area contributed by atoms with Crippen LogP contribution in [-0.4, -0.2) is 30.6 Å². The van der Waals surface area contributed by atoms with Crippen molar-refractivity contribution in [3.63, 3.8) is 0 Å². The van der Waals surface area contributed by atoms with Crippen LogP contribution in [0.5, 0.6) is 11.5 Å². The van der Waals surface area contributed by atoms with Gasteiger partial charge in [0.05, 0.1) is 19.7 Å². The molecular formula is C17H17ClN2O3S. The van der Waals surface area contributed by atoms with Gasteiger partial charge in [-0.2, -0.15) is 5.10 Å². The Morgan fingerprint density at radius 3 is 2.83 bits per heavy atom. The molecule has 0 aromatic heterocycles. The van der Waals surface area contributed by atoms with Crippen molar-refractivity contribution >= 4 is 35.5 Å². The van der Waals surface area contributed by atoms with Crippen LogP contribution in [0.4, 0.5) is 0 Å². The first kappa shape index (κ1) is 18.2. The Morgan fingerprint density at radius 2 is 2.17 bits per heavy atom. The molecule has 0 bridgehead atoms. The molecular weight excluding hydrogens is 348 g/mol. The Balaban J connectivity index is 1.98. The second-order valence-electron chi connectivity index (χ2n) is 4.86. The molecule has 0 saturated carbocycles. The van der Waals surface area contributed by atoms with Crippen LogP contribution in [0.1, 0.15) is 11.1 Å². The number of amides is 1. The molecule has 0 aliphatic carbocycles. The zero-order valence-electron chi connectivity index (χ0n) is 13.2. The largest absolute Gasteiger partial charge is 0.504 e. The van der Waals surface area contributed by atoms with Gasteiger partial charge >= 0.3 is 0 Å². The van der Waals surface area contributed by atoms with E-state index in [2.05, 4.69) is 10.5 Å². The number of phenols is 1. The second-order valence-corrected chi connectivity index (χ2v) is 6.14. The van der Waals surface area contributed by atoms with Crippen LogP contribution in [0.2, 0.25) is 5.02 Å². The van der Waals surface area contributed by atoms with Gasteiger partial charge in [-0.3, -0.25) is 4.79 Å². The third-order valence-corrected chi connectivity index (χ3v) is 4.27. The summed E-state index contributed by atoms with van der Waals surface area (Å²) in [6.45, 7) is 0. The van der Waals surface area contributed by atoms with Gasteiger partial charge in [0.1, 0.15) is 0 Å². The number of aromatic hydroxyl groups is 1. The van der Waals surface area contributed by atoms with Crippen LogP contribution in [0, 0.1) is 0 Å². The van der Waals surface area contributed by atoms with Gasteiger partial charge in [-0.15, -0.1) is 11.8 Å². The molecule has 2 aromatic carbocycles. The summed E-state index contributed by atoms with van der Waals surface area (Å²) in [5.41, 5.74) is 3.96. The molecule has 0 spiro atoms. The van der Waals surface area contributed by atoms with Crippen molar-refractivity contribution in [2.75, 3.05) is 13.4 Å². The molecule has 0 unspecified atom stereocenters. The van der Waals surface area contributed by atoms with Crippen molar-refractivity contribution < 1.29 is 14.6 Å². The molecule has 126 valence electrons. The number of benzene rings is 2. The van der Waals surface area contributed by atoms with Crippen LogP contribution >= 0.6 is 23.4 Å². The summed E-state index contributed by atoms with van der Waals surface area (Å²) in [5, 5.41) is 14.2. The van der Waals surface area contributed by atoms with Crippen molar-refractivity contribution in [2.45, 2.75) is 11.3 Å². The number of rotatable bonds is 6. The fourth-order valence-corrected chi connectivity index (χ4v) is 2.86. The first-order chi connectivity index (χ1) is 11.5. The Bertz CT molecular complexity index is 765. The van der Waals surface area contributed by atoms with Crippen LogP contribution in [0.3, 0.4) is 0 Å². The maximum absolute atomic E-state index is 12.0. The molecule has 1 amide bonds. The van der Waals surface area contributed by atoms with Crippen LogP contribution in [0.15, 0.2) is 46.4 Å². The van der Waals surface area contributed by atoms with Crippen molar-refractivity contribution in [1.29, 1.82) is 0 Å². The van der Waals surface area contributed by atoms with Crippen molar-refractivity contribution in [1.82, 2.24) is 5.43 Å². The minimum absolute atomic E-state index is 0.0105. The van der Waals surface area contributed by atoms with Gasteiger partial charge in [0, 0.05) is 9.92 Å². The molecule has 7 heteroatoms. The molecule has 0 atom stereocenters. The van der Waals surface area contributed by atoms with Crippen molar-refractivity contribution in [3.05, 3.63) is 52.5 Å². The fraction of sp³-hybridized carbons (Fsp3) is 0.176. The number of ether oxygens (including phenoxy) is 1. The highest BCUT2D eigenvalue weighted by Crippen LogP contribution is 2.26. The third kappa shape index (κ3) is 4.91. The maximum Gasteiger partial charge on any atom is 0.244 e. The van der Waals surface area contributed by atoms with E-state index in [-0.39, 0.29) is 18.1 Å². The average molecular weight is 365 g/mol. The summed E-state index contributed by atoms with van der Waals surface area (Å²) in [7, 11) is 1.47. The van der Waals surface area contributed by atoms with E-state index >= 15 is 0 Å². The van der Waals surface area contributed by atoms with Gasteiger partial charge in [0.15, 0.2) is 11.5 Å². The van der Waals surface area contributed by atoms with E-state index in [1.54, 1.807) is 36.0 Å². The number of hydrazone groups is 1. The summed E-state index contributed by atoms with van der Waals surface area (Å²) in [6, 6.07) is 10.3. The molecule has 24 heavy (non-hydrogen) atoms. The number of hydrogen-bond donors (Lipinski definition) is 2. The molecule has 0 saturated heterocycles. The molecule has 0 radical (unpaired) electrons. The average Bonchev–Trinajstić information content (AvgIpc) is 2.55. The number of methoxy groups -OCH3 is 1. The van der Waals surface area contributed by atoms with E-state index in [1.165, 1.54) is 19.4 Å². The second kappa shape index (κ2) is 8.61. The summed E-state index contributed by atoms with van der Waals surface area (Å²) < 4.78 is 4.96. The standard InChI is InChI=1S/C17H17ClN2O3S/c1-23-15-5-3-11(7-14(15)21)10-19-20-17(22)9-12-8-13(18)4-6-16(12)24-2/h3-8,10,21H,9H2,1-2H3,(H,20,22)/b19-10-. The zero-order valence-corrected chi connectivity index (χ0v) is 14.8. The van der Waals surface area contributed by atoms with Crippen molar-refractivity contribution in [2.24, 2.45) is 5.10 Å². The summed E-state index contributed by atoms with van der Waals surface area (Å²) in [6.07, 6.45) is 3.57. The van der Waals surface area contributed by atoms with E-state index in [9.17, 15) is 9.90 Å². The predicted octanol–water partition coefficient (Wildman–Crippen LogP) is 3.47. The first-order valence-electron chi connectivity index (χ1n) is 7.05. The highest BCUT2D eigenvalue weighted by atomic mass is 35.5. The van der Waals surface area contributed by atoms with Crippen LogP contribution < -0.4 is 10.2 Å². The van der Waals surface area contributed by atoms with E-state index in [0.717, 1.165) is 10.5 Å². The number of carbonyl (C=O) groups is 1. The normalized spacial score (nSPS) is 10.8. The molecule has 5 nitrogen and oxygen atoms in total. The number of nitrogens with one attached hydrogen (secondary N) is 1. The monoisotopic (exact) mass is 364 g/mol. The third-order valence-electron chi connectivity index (χ3n) is 3.20. The van der Waals surface area contributed by atoms with Gasteiger partial charge in [-0.1, -0.05) is 11.6 Å². The minimum Gasteiger partial charge on any atom is -0.504 e. The Hall–Kier alpha value is -2.18. The number of hydrogen-bond acceptors (Lipinski definition) is 5. The molecule has 0 heterocycles. The van der Waals surface area contributed by atoms with Gasteiger partial charge < -0.3 is 9.84 Å². The van der Waals surface area contributed by atoms with Gasteiger partial charge in [-0.05, 0) is 53.8 Å². The van der Waals surface area contributed by atoms with Gasteiger partial charge in [0.25, 0.3) is 0 Å². The fourth-order valence-electron chi connectivity index (χ4n) is 2.06. The number of halogens is 1. The highest BCUT2D eigenvalue weighted by Gasteiger charge is 2.08. The Morgan fingerprint density at radius 1 is 1.38 bits per heavy atom. The molecule has 2 aromatic rings. The molecule has 0 aliphatic rings. The number of thioether (sulfide) groups is 1. The lowest BCUT2D eigenvalue weighted by molar-refractivity contribution is -0.120. The first-order valence-corrected chi connectivity index (χ1v) is 8.65. The zero-order chi connectivity index (χ0) is 17.5. The summed E-state index contributed by atoms with van der Waals surface area (Å²) in [5.74, 6) is 0.139. The SMILES string of the molecule is COc1ccc(/C=N\NC(=O)Cc2cc(Cl)ccc2SC)cc1O. The minimum atomic E-state index is -0.249. The lowest BCUT2D eigenvalue weighted by Crippen LogP contribution is -2.20. The summed E-state index contributed by atoms with van der Waals surface area (Å²) in [4.78, 5) is 13.0. The van der Waals surface area contributed by atoms with E-state index < -0.39 is 0 Å². The number of carbonyl (C=O) groups excluding carboxylic acids is 1. The van der Waals surface area contributed by atoms with Crippen LogP contribution in [-0.2, 0) is 11.2 Å². The van der Waals surface area contributed by atoms with Crippen molar-refractivity contribution in [3.8, 4) is 11.5 Å². The van der Waals surface area contributed by atoms with Gasteiger partial charge in [0.2, 0.25) is 5.91 Å². The summed E-state index contributed by atoms with van der Waals surface area (Å²) >= 11 is 7.53. The van der Waals surface area contributed by atoms with Crippen LogP contribution in [0.25, 0.3) is 0 Å². The molecule has 2 rings (SSSR count). The topological polar surface area (TPSA) is 70.9 Å². The number of phenolic OH excluding ortho intramolecular Hbond substituents is 1. The Kier molecular flexibility index (Phi) is 6.52. The van der Waals surface area contributed by atoms with Gasteiger partial charge in [-0.25, -0.2) is 5.43 Å². The smallest absolute Gasteiger partial charge is 0.244 e. The molecule has 0 aliphatic heterocycles. The highest BCUT2D eigenvalue weighted by molar-refractivity contribution is 7.98. The lowest BCUT2D eigenvalue weighted by atomic mass is 10.1. The molecule has 0 fully saturated rings. The van der Waals surface area contributed by atoms with E-state index in [1.807, 2.05) is 12.3 Å². The maximum atomic E-state index is 12.0. The predicted molar refractivity (Wildman–Crippen MR) is 97.3 cm³/mol. The number of nitrogens with zero attached hydrogens (tertiary/aromatic N) is 1. The quantitative estimate of drug-likeness (QED) is 0.467. The van der Waals surface area contributed by atoms with E-state index in [4.69, 9.17) is 16.3 Å².